The zero-order chi connectivity index (χ0) is 35.2. The molecule has 5 fully saturated rings. The van der Waals surface area contributed by atoms with E-state index in [1.165, 1.54) is 5.57 Å². The summed E-state index contributed by atoms with van der Waals surface area (Å²) in [6.07, 6.45) is 9.06. The van der Waals surface area contributed by atoms with E-state index < -0.39 is 22.9 Å². The number of esters is 1. The Kier molecular flexibility index (Phi) is 8.65. The van der Waals surface area contributed by atoms with Gasteiger partial charge in [-0.2, -0.15) is 0 Å². The van der Waals surface area contributed by atoms with Gasteiger partial charge in [-0.1, -0.05) is 48.5 Å². The first kappa shape index (κ1) is 35.6. The third-order valence-electron chi connectivity index (χ3n) is 15.5. The van der Waals surface area contributed by atoms with Crippen LogP contribution in [0.25, 0.3) is 0 Å². The Balaban J connectivity index is 1.28. The van der Waals surface area contributed by atoms with E-state index in [-0.39, 0.29) is 57.7 Å². The maximum Gasteiger partial charge on any atom is 0.309 e. The van der Waals surface area contributed by atoms with Gasteiger partial charge in [-0.15, -0.1) is 0 Å². The summed E-state index contributed by atoms with van der Waals surface area (Å²) in [6, 6.07) is 0. The lowest BCUT2D eigenvalue weighted by Crippen LogP contribution is -2.67. The zero-order valence-electron chi connectivity index (χ0n) is 31.2. The first-order chi connectivity index (χ1) is 22.2. The molecule has 4 saturated carbocycles. The molecule has 3 unspecified atom stereocenters. The highest BCUT2D eigenvalue weighted by Crippen LogP contribution is 2.76. The van der Waals surface area contributed by atoms with E-state index in [1.54, 1.807) is 13.8 Å². The van der Waals surface area contributed by atoms with Gasteiger partial charge in [0.2, 0.25) is 5.91 Å². The molecular weight excluding hydrogens is 604 g/mol. The number of fused-ring (bicyclic) bond motifs is 7. The molecule has 8 nitrogen and oxygen atoms in total. The quantitative estimate of drug-likeness (QED) is 0.270. The topological polar surface area (TPSA) is 113 Å². The summed E-state index contributed by atoms with van der Waals surface area (Å²) < 4.78 is 6.14. The Labute approximate surface area is 288 Å². The van der Waals surface area contributed by atoms with Crippen molar-refractivity contribution in [1.29, 1.82) is 0 Å². The number of rotatable bonds is 8. The Morgan fingerprint density at radius 2 is 1.62 bits per heavy atom. The Morgan fingerprint density at radius 1 is 0.938 bits per heavy atom. The second-order valence-corrected chi connectivity index (χ2v) is 19.2. The second-order valence-electron chi connectivity index (χ2n) is 19.2. The Hall–Kier alpha value is -2.22. The number of nitrogens with one attached hydrogen (secondary N) is 1. The van der Waals surface area contributed by atoms with E-state index in [4.69, 9.17) is 4.74 Å². The van der Waals surface area contributed by atoms with Gasteiger partial charge in [0.15, 0.2) is 5.78 Å². The molecule has 5 aliphatic carbocycles. The van der Waals surface area contributed by atoms with Crippen molar-refractivity contribution < 1.29 is 29.0 Å². The van der Waals surface area contributed by atoms with E-state index in [0.717, 1.165) is 76.5 Å². The molecule has 0 spiro atoms. The maximum absolute atomic E-state index is 13.8. The first-order valence-electron chi connectivity index (χ1n) is 19.0. The number of aliphatic carboxylic acids is 1. The third-order valence-corrected chi connectivity index (χ3v) is 15.5. The fourth-order valence-electron chi connectivity index (χ4n) is 12.6. The summed E-state index contributed by atoms with van der Waals surface area (Å²) >= 11 is 0. The van der Waals surface area contributed by atoms with E-state index in [1.807, 2.05) is 0 Å². The van der Waals surface area contributed by atoms with Crippen molar-refractivity contribution in [1.82, 2.24) is 10.2 Å². The summed E-state index contributed by atoms with van der Waals surface area (Å²) in [7, 11) is 0. The number of carboxylic acids is 1. The smallest absolute Gasteiger partial charge is 0.309 e. The van der Waals surface area contributed by atoms with Crippen LogP contribution in [0.2, 0.25) is 0 Å². The number of amides is 1. The number of likely N-dealkylation sites (tertiary alicyclic amines) is 1. The van der Waals surface area contributed by atoms with Crippen LogP contribution in [0, 0.1) is 50.7 Å². The van der Waals surface area contributed by atoms with Crippen LogP contribution in [0.1, 0.15) is 133 Å². The highest BCUT2D eigenvalue weighted by Gasteiger charge is 2.70. The molecule has 6 rings (SSSR count). The summed E-state index contributed by atoms with van der Waals surface area (Å²) in [6.45, 7) is 22.0. The highest BCUT2D eigenvalue weighted by atomic mass is 16.5. The van der Waals surface area contributed by atoms with Gasteiger partial charge in [-0.25, -0.2) is 0 Å². The zero-order valence-corrected chi connectivity index (χ0v) is 31.2. The van der Waals surface area contributed by atoms with Gasteiger partial charge in [0.1, 0.15) is 6.10 Å². The molecule has 0 radical (unpaired) electrons. The van der Waals surface area contributed by atoms with Crippen LogP contribution in [0.4, 0.5) is 0 Å². The van der Waals surface area contributed by atoms with Crippen molar-refractivity contribution in [2.45, 2.75) is 145 Å². The monoisotopic (exact) mass is 666 g/mol. The number of carbonyl (C=O) groups excluding carboxylic acids is 3. The molecular formula is C40H62N2O6. The molecule has 0 aromatic rings. The molecule has 48 heavy (non-hydrogen) atoms. The van der Waals surface area contributed by atoms with Gasteiger partial charge in [0.05, 0.1) is 23.9 Å². The maximum atomic E-state index is 13.8. The number of carboxylic acid groups (broad SMARTS) is 1. The standard InChI is InChI=1S/C40H62N2O6/c1-24(2)32-26(43)21-40(41-30(44)23-42-19-10-20-42)18-17-38(8)25(33(32)40)11-12-28-37(7)15-14-29(48-31(45)22-35(3,4)34(46)47)36(5,6)27(37)13-16-39(28,38)9/h24-25,27-29H,10-23H2,1-9H3,(H,41,44)(H,46,47)/t25?,27?,28?,29-,37-,38+,39+,40+/m0/s1. The Morgan fingerprint density at radius 3 is 2.23 bits per heavy atom. The fraction of sp³-hybridized carbons (Fsp3) is 0.850. The van der Waals surface area contributed by atoms with Crippen molar-refractivity contribution in [3.8, 4) is 0 Å². The van der Waals surface area contributed by atoms with Crippen LogP contribution in [-0.2, 0) is 23.9 Å². The summed E-state index contributed by atoms with van der Waals surface area (Å²) in [5.74, 6) is 0.167. The third kappa shape index (κ3) is 5.23. The minimum atomic E-state index is -1.16. The molecule has 8 atom stereocenters. The molecule has 1 heterocycles. The normalized spacial score (nSPS) is 40.7. The molecule has 268 valence electrons. The van der Waals surface area contributed by atoms with E-state index >= 15 is 0 Å². The molecule has 6 aliphatic rings. The molecule has 8 heteroatoms. The van der Waals surface area contributed by atoms with Crippen LogP contribution in [0.5, 0.6) is 0 Å². The number of nitrogens with zero attached hydrogens (tertiary/aromatic N) is 1. The summed E-state index contributed by atoms with van der Waals surface area (Å²) in [5.41, 5.74) is 0.483. The molecule has 0 aromatic carbocycles. The van der Waals surface area contributed by atoms with E-state index in [9.17, 15) is 24.3 Å². The van der Waals surface area contributed by atoms with Crippen LogP contribution in [-0.4, -0.2) is 64.9 Å². The van der Waals surface area contributed by atoms with Gasteiger partial charge in [-0.3, -0.25) is 24.1 Å². The minimum absolute atomic E-state index is 0.00552. The predicted molar refractivity (Wildman–Crippen MR) is 185 cm³/mol. The largest absolute Gasteiger partial charge is 0.481 e. The Bertz CT molecular complexity index is 1410. The van der Waals surface area contributed by atoms with E-state index in [0.29, 0.717) is 24.8 Å². The number of ether oxygens (including phenoxy) is 1. The van der Waals surface area contributed by atoms with Crippen LogP contribution in [0.3, 0.4) is 0 Å². The lowest BCUT2D eigenvalue weighted by molar-refractivity contribution is -0.232. The van der Waals surface area contributed by atoms with Gasteiger partial charge >= 0.3 is 11.9 Å². The van der Waals surface area contributed by atoms with Crippen molar-refractivity contribution in [3.63, 3.8) is 0 Å². The van der Waals surface area contributed by atoms with Crippen molar-refractivity contribution in [3.05, 3.63) is 11.1 Å². The van der Waals surface area contributed by atoms with Gasteiger partial charge in [0, 0.05) is 11.8 Å². The highest BCUT2D eigenvalue weighted by molar-refractivity contribution is 6.02. The molecule has 0 aromatic heterocycles. The van der Waals surface area contributed by atoms with Crippen molar-refractivity contribution >= 4 is 23.6 Å². The number of hydrogen-bond donors (Lipinski definition) is 2. The van der Waals surface area contributed by atoms with Crippen LogP contribution >= 0.6 is 0 Å². The second kappa shape index (κ2) is 11.7. The van der Waals surface area contributed by atoms with Crippen LogP contribution in [0.15, 0.2) is 11.1 Å². The fourth-order valence-corrected chi connectivity index (χ4v) is 12.6. The SMILES string of the molecule is CC(C)C1=C2C3CCC4[C@@]5(C)CC[C@H](OC(=O)CC(C)(C)C(=O)O)C(C)(C)C5CC[C@@]4(C)[C@]3(C)CC[C@@]2(NC(=O)CN2CCC2)CC1=O. The van der Waals surface area contributed by atoms with Gasteiger partial charge in [-0.05, 0) is 136 Å². The minimum Gasteiger partial charge on any atom is -0.481 e. The molecule has 2 N–H and O–H groups in total. The average Bonchev–Trinajstić information content (AvgIpc) is 3.24. The summed E-state index contributed by atoms with van der Waals surface area (Å²) in [5, 5.41) is 13.1. The number of carbonyl (C=O) groups is 4. The first-order valence-corrected chi connectivity index (χ1v) is 19.0. The average molecular weight is 667 g/mol. The molecule has 0 bridgehead atoms. The van der Waals surface area contributed by atoms with Crippen molar-refractivity contribution in [2.75, 3.05) is 19.6 Å². The predicted octanol–water partition coefficient (Wildman–Crippen LogP) is 6.95. The van der Waals surface area contributed by atoms with Gasteiger partial charge < -0.3 is 15.2 Å². The number of allylic oxidation sites excluding steroid dienone is 1. The molecule has 1 aliphatic heterocycles. The number of hydrogen-bond acceptors (Lipinski definition) is 6. The lowest BCUT2D eigenvalue weighted by atomic mass is 9.33. The van der Waals surface area contributed by atoms with Gasteiger partial charge in [0.25, 0.3) is 0 Å². The summed E-state index contributed by atoms with van der Waals surface area (Å²) in [4.78, 5) is 54.3. The number of Topliss-reactive ketones (excluding diaryl/α,β-unsaturated/α-hetero) is 1. The number of ketones is 1. The van der Waals surface area contributed by atoms with E-state index in [2.05, 4.69) is 58.7 Å². The lowest BCUT2D eigenvalue weighted by Gasteiger charge is -2.72. The molecule has 1 amide bonds. The van der Waals surface area contributed by atoms with Crippen LogP contribution < -0.4 is 5.32 Å². The van der Waals surface area contributed by atoms with Crippen molar-refractivity contribution in [2.24, 2.45) is 50.7 Å². The molecule has 1 saturated heterocycles.